The molecule has 4 heteroatoms. The summed E-state index contributed by atoms with van der Waals surface area (Å²) in [7, 11) is 0. The summed E-state index contributed by atoms with van der Waals surface area (Å²) in [5.74, 6) is 0.900. The molecule has 2 nitrogen and oxygen atoms in total. The number of carbonyl (C=O) groups excluding carboxylic acids is 1. The zero-order chi connectivity index (χ0) is 15.9. The molecule has 0 atom stereocenters. The molecule has 2 rings (SSSR count). The van der Waals surface area contributed by atoms with Crippen molar-refractivity contribution in [1.82, 2.24) is 0 Å². The fourth-order valence-corrected chi connectivity index (χ4v) is 2.82. The molecule has 0 saturated carbocycles. The number of benzene rings is 2. The lowest BCUT2D eigenvalue weighted by Gasteiger charge is -2.08. The monoisotopic (exact) mass is 317 g/mol. The van der Waals surface area contributed by atoms with Crippen LogP contribution in [-0.2, 0) is 4.79 Å². The Labute approximate surface area is 135 Å². The first-order valence-corrected chi connectivity index (χ1v) is 8.31. The number of hydrogen-bond acceptors (Lipinski definition) is 2. The summed E-state index contributed by atoms with van der Waals surface area (Å²) in [5, 5.41) is 2.89. The Kier molecular flexibility index (Phi) is 6.01. The summed E-state index contributed by atoms with van der Waals surface area (Å²) in [5.41, 5.74) is 2.08. The molecule has 1 N–H and O–H groups in total. The minimum absolute atomic E-state index is 0.00749. The second kappa shape index (κ2) is 7.99. The van der Waals surface area contributed by atoms with E-state index in [4.69, 9.17) is 0 Å². The van der Waals surface area contributed by atoms with Crippen molar-refractivity contribution in [3.8, 4) is 0 Å². The van der Waals surface area contributed by atoms with Crippen molar-refractivity contribution in [2.24, 2.45) is 0 Å². The van der Waals surface area contributed by atoms with Gasteiger partial charge in [0.15, 0.2) is 0 Å². The third kappa shape index (κ3) is 5.19. The van der Waals surface area contributed by atoms with E-state index in [0.717, 1.165) is 10.6 Å². The normalized spacial score (nSPS) is 10.7. The molecule has 0 heterocycles. The Morgan fingerprint density at radius 1 is 1.09 bits per heavy atom. The molecule has 0 aliphatic heterocycles. The van der Waals surface area contributed by atoms with E-state index in [0.29, 0.717) is 18.1 Å². The zero-order valence-corrected chi connectivity index (χ0v) is 13.6. The Hall–Kier alpha value is -1.81. The predicted octanol–water partition coefficient (Wildman–Crippen LogP) is 5.07. The topological polar surface area (TPSA) is 29.1 Å². The SMILES string of the molecule is CC(C)c1ccc(NC(=O)CCSc2ccc(F)cc2)cc1. The molecule has 0 spiro atoms. The van der Waals surface area contributed by atoms with Crippen molar-refractivity contribution in [3.63, 3.8) is 0 Å². The van der Waals surface area contributed by atoms with Crippen molar-refractivity contribution in [3.05, 3.63) is 59.9 Å². The maximum absolute atomic E-state index is 12.8. The third-order valence-electron chi connectivity index (χ3n) is 3.27. The number of anilines is 1. The summed E-state index contributed by atoms with van der Waals surface area (Å²) >= 11 is 1.55. The molecule has 116 valence electrons. The Morgan fingerprint density at radius 3 is 2.32 bits per heavy atom. The molecule has 2 aromatic rings. The lowest BCUT2D eigenvalue weighted by molar-refractivity contribution is -0.115. The molecule has 0 aliphatic rings. The van der Waals surface area contributed by atoms with Crippen LogP contribution in [-0.4, -0.2) is 11.7 Å². The molecule has 22 heavy (non-hydrogen) atoms. The molecular formula is C18H20FNOS. The second-order valence-corrected chi connectivity index (χ2v) is 6.55. The van der Waals surface area contributed by atoms with Crippen LogP contribution in [0.1, 0.15) is 31.7 Å². The molecular weight excluding hydrogens is 297 g/mol. The Bertz CT molecular complexity index is 608. The van der Waals surface area contributed by atoms with Gasteiger partial charge in [-0.2, -0.15) is 0 Å². The average Bonchev–Trinajstić information content (AvgIpc) is 2.50. The number of carbonyl (C=O) groups is 1. The zero-order valence-electron chi connectivity index (χ0n) is 12.8. The number of hydrogen-bond donors (Lipinski definition) is 1. The van der Waals surface area contributed by atoms with Crippen molar-refractivity contribution < 1.29 is 9.18 Å². The predicted molar refractivity (Wildman–Crippen MR) is 90.9 cm³/mol. The van der Waals surface area contributed by atoms with E-state index >= 15 is 0 Å². The summed E-state index contributed by atoms with van der Waals surface area (Å²) in [4.78, 5) is 12.9. The van der Waals surface area contributed by atoms with Crippen LogP contribution in [0.15, 0.2) is 53.4 Å². The molecule has 1 amide bonds. The van der Waals surface area contributed by atoms with Crippen molar-refractivity contribution >= 4 is 23.4 Å². The Balaban J connectivity index is 1.76. The highest BCUT2D eigenvalue weighted by Gasteiger charge is 2.04. The van der Waals surface area contributed by atoms with Gasteiger partial charge >= 0.3 is 0 Å². The minimum atomic E-state index is -0.244. The Morgan fingerprint density at radius 2 is 1.73 bits per heavy atom. The van der Waals surface area contributed by atoms with Gasteiger partial charge in [0, 0.05) is 22.8 Å². The molecule has 0 saturated heterocycles. The van der Waals surface area contributed by atoms with E-state index in [1.54, 1.807) is 23.9 Å². The van der Waals surface area contributed by atoms with E-state index < -0.39 is 0 Å². The van der Waals surface area contributed by atoms with Crippen LogP contribution >= 0.6 is 11.8 Å². The van der Waals surface area contributed by atoms with Crippen molar-refractivity contribution in [2.75, 3.05) is 11.1 Å². The van der Waals surface area contributed by atoms with Gasteiger partial charge in [0.2, 0.25) is 5.91 Å². The van der Waals surface area contributed by atoms with Gasteiger partial charge in [0.05, 0.1) is 0 Å². The molecule has 0 aromatic heterocycles. The van der Waals surface area contributed by atoms with Gasteiger partial charge < -0.3 is 5.32 Å². The maximum atomic E-state index is 12.8. The van der Waals surface area contributed by atoms with Gasteiger partial charge in [0.1, 0.15) is 5.82 Å². The smallest absolute Gasteiger partial charge is 0.225 e. The van der Waals surface area contributed by atoms with Gasteiger partial charge in [-0.25, -0.2) is 4.39 Å². The van der Waals surface area contributed by atoms with Gasteiger partial charge in [0.25, 0.3) is 0 Å². The first-order valence-electron chi connectivity index (χ1n) is 7.33. The highest BCUT2D eigenvalue weighted by Crippen LogP contribution is 2.20. The number of amides is 1. The van der Waals surface area contributed by atoms with E-state index in [1.165, 1.54) is 17.7 Å². The lowest BCUT2D eigenvalue weighted by Crippen LogP contribution is -2.12. The first kappa shape index (κ1) is 16.6. The molecule has 0 radical (unpaired) electrons. The highest BCUT2D eigenvalue weighted by atomic mass is 32.2. The fourth-order valence-electron chi connectivity index (χ4n) is 1.97. The van der Waals surface area contributed by atoms with Gasteiger partial charge in [-0.05, 0) is 47.9 Å². The largest absolute Gasteiger partial charge is 0.326 e. The number of rotatable bonds is 6. The summed E-state index contributed by atoms with van der Waals surface area (Å²) in [6.45, 7) is 4.28. The van der Waals surface area contributed by atoms with E-state index in [9.17, 15) is 9.18 Å². The quantitative estimate of drug-likeness (QED) is 0.754. The molecule has 0 fully saturated rings. The fraction of sp³-hybridized carbons (Fsp3) is 0.278. The highest BCUT2D eigenvalue weighted by molar-refractivity contribution is 7.99. The van der Waals surface area contributed by atoms with Crippen LogP contribution in [0.3, 0.4) is 0 Å². The molecule has 0 aliphatic carbocycles. The molecule has 2 aromatic carbocycles. The van der Waals surface area contributed by atoms with Crippen LogP contribution in [0.25, 0.3) is 0 Å². The third-order valence-corrected chi connectivity index (χ3v) is 4.29. The van der Waals surface area contributed by atoms with Crippen LogP contribution in [0.2, 0.25) is 0 Å². The maximum Gasteiger partial charge on any atom is 0.225 e. The average molecular weight is 317 g/mol. The van der Waals surface area contributed by atoms with Crippen LogP contribution in [0.5, 0.6) is 0 Å². The molecule has 0 unspecified atom stereocenters. The van der Waals surface area contributed by atoms with Gasteiger partial charge in [-0.1, -0.05) is 26.0 Å². The standard InChI is InChI=1S/C18H20FNOS/c1-13(2)14-3-7-16(8-4-14)20-18(21)11-12-22-17-9-5-15(19)6-10-17/h3-10,13H,11-12H2,1-2H3,(H,20,21). The van der Waals surface area contributed by atoms with E-state index in [1.807, 2.05) is 24.3 Å². The van der Waals surface area contributed by atoms with Crippen LogP contribution in [0.4, 0.5) is 10.1 Å². The summed E-state index contributed by atoms with van der Waals surface area (Å²) < 4.78 is 12.8. The van der Waals surface area contributed by atoms with E-state index in [2.05, 4.69) is 19.2 Å². The molecule has 0 bridgehead atoms. The van der Waals surface area contributed by atoms with Crippen molar-refractivity contribution in [1.29, 1.82) is 0 Å². The van der Waals surface area contributed by atoms with Crippen molar-refractivity contribution in [2.45, 2.75) is 31.1 Å². The second-order valence-electron chi connectivity index (χ2n) is 5.38. The first-order chi connectivity index (χ1) is 10.5. The lowest BCUT2D eigenvalue weighted by atomic mass is 10.0. The number of thioether (sulfide) groups is 1. The van der Waals surface area contributed by atoms with E-state index in [-0.39, 0.29) is 11.7 Å². The van der Waals surface area contributed by atoms with Gasteiger partial charge in [-0.3, -0.25) is 4.79 Å². The minimum Gasteiger partial charge on any atom is -0.326 e. The summed E-state index contributed by atoms with van der Waals surface area (Å²) in [6.07, 6.45) is 0.425. The number of nitrogens with one attached hydrogen (secondary N) is 1. The van der Waals surface area contributed by atoms with Gasteiger partial charge in [-0.15, -0.1) is 11.8 Å². The van der Waals surface area contributed by atoms with Crippen LogP contribution in [0, 0.1) is 5.82 Å². The number of halogens is 1. The summed E-state index contributed by atoms with van der Waals surface area (Å²) in [6, 6.07) is 14.2. The van der Waals surface area contributed by atoms with Crippen LogP contribution < -0.4 is 5.32 Å².